The molecular formula is C12H8F3NO3. The lowest BCUT2D eigenvalue weighted by molar-refractivity contribution is -0.153. The first-order valence-electron chi connectivity index (χ1n) is 5.16. The predicted molar refractivity (Wildman–Crippen MR) is 60.7 cm³/mol. The smallest absolute Gasteiger partial charge is 0.450 e. The van der Waals surface area contributed by atoms with Crippen LogP contribution < -0.4 is 11.2 Å². The third-order valence-electron chi connectivity index (χ3n) is 2.55. The molecule has 2 aromatic rings. The Balaban J connectivity index is 2.99. The lowest BCUT2D eigenvalue weighted by Crippen LogP contribution is -2.27. The first-order chi connectivity index (χ1) is 8.71. The van der Waals surface area contributed by atoms with E-state index in [2.05, 4.69) is 4.42 Å². The van der Waals surface area contributed by atoms with Crippen molar-refractivity contribution in [2.45, 2.75) is 13.1 Å². The summed E-state index contributed by atoms with van der Waals surface area (Å²) in [7, 11) is 0. The summed E-state index contributed by atoms with van der Waals surface area (Å²) >= 11 is 0. The molecule has 0 atom stereocenters. The monoisotopic (exact) mass is 271 g/mol. The van der Waals surface area contributed by atoms with Crippen LogP contribution in [0.5, 0.6) is 0 Å². The fourth-order valence-corrected chi connectivity index (χ4v) is 1.73. The lowest BCUT2D eigenvalue weighted by atomic mass is 10.1. The highest BCUT2D eigenvalue weighted by molar-refractivity contribution is 5.97. The second kappa shape index (κ2) is 4.11. The number of benzene rings is 1. The third-order valence-corrected chi connectivity index (χ3v) is 2.55. The van der Waals surface area contributed by atoms with Crippen molar-refractivity contribution in [1.29, 1.82) is 0 Å². The third kappa shape index (κ3) is 2.18. The SMILES string of the molecule is Cc1ccc2oc(C(F)(F)F)c(C(N)=O)c(=O)c2c1. The van der Waals surface area contributed by atoms with Crippen LogP contribution >= 0.6 is 0 Å². The Labute approximate surface area is 104 Å². The van der Waals surface area contributed by atoms with Gasteiger partial charge in [0.15, 0.2) is 0 Å². The summed E-state index contributed by atoms with van der Waals surface area (Å²) in [6, 6.07) is 4.08. The van der Waals surface area contributed by atoms with Crippen LogP contribution in [0.2, 0.25) is 0 Å². The quantitative estimate of drug-likeness (QED) is 0.864. The summed E-state index contributed by atoms with van der Waals surface area (Å²) in [5, 5.41) is -0.109. The number of hydrogen-bond donors (Lipinski definition) is 1. The minimum absolute atomic E-state index is 0.109. The van der Waals surface area contributed by atoms with Crippen molar-refractivity contribution in [2.75, 3.05) is 0 Å². The van der Waals surface area contributed by atoms with Gasteiger partial charge in [0.25, 0.3) is 5.91 Å². The van der Waals surface area contributed by atoms with Crippen LogP contribution in [0.25, 0.3) is 11.0 Å². The van der Waals surface area contributed by atoms with E-state index in [1.165, 1.54) is 18.2 Å². The number of primary amides is 1. The van der Waals surface area contributed by atoms with Crippen molar-refractivity contribution in [1.82, 2.24) is 0 Å². The first-order valence-corrected chi connectivity index (χ1v) is 5.16. The van der Waals surface area contributed by atoms with Gasteiger partial charge in [-0.2, -0.15) is 13.2 Å². The van der Waals surface area contributed by atoms with E-state index in [1.54, 1.807) is 6.92 Å². The molecule has 4 nitrogen and oxygen atoms in total. The van der Waals surface area contributed by atoms with Gasteiger partial charge in [0.05, 0.1) is 5.39 Å². The predicted octanol–water partition coefficient (Wildman–Crippen LogP) is 2.22. The van der Waals surface area contributed by atoms with Crippen LogP contribution in [-0.4, -0.2) is 5.91 Å². The van der Waals surface area contributed by atoms with Gasteiger partial charge >= 0.3 is 6.18 Å². The van der Waals surface area contributed by atoms with Crippen molar-refractivity contribution >= 4 is 16.9 Å². The maximum absolute atomic E-state index is 12.8. The molecule has 0 radical (unpaired) electrons. The number of nitrogens with two attached hydrogens (primary N) is 1. The normalized spacial score (nSPS) is 11.8. The summed E-state index contributed by atoms with van der Waals surface area (Å²) in [6.07, 6.45) is -4.97. The average molecular weight is 271 g/mol. The molecule has 0 saturated carbocycles. The maximum atomic E-state index is 12.8. The molecule has 1 aromatic carbocycles. The van der Waals surface area contributed by atoms with Crippen LogP contribution in [-0.2, 0) is 6.18 Å². The molecule has 0 aliphatic heterocycles. The molecule has 1 amide bonds. The Morgan fingerprint density at radius 1 is 1.32 bits per heavy atom. The van der Waals surface area contributed by atoms with Gasteiger partial charge in [0, 0.05) is 0 Å². The molecule has 19 heavy (non-hydrogen) atoms. The van der Waals surface area contributed by atoms with E-state index >= 15 is 0 Å². The van der Waals surface area contributed by atoms with E-state index in [0.29, 0.717) is 5.56 Å². The van der Waals surface area contributed by atoms with E-state index in [1.807, 2.05) is 0 Å². The molecular weight excluding hydrogens is 263 g/mol. The highest BCUT2D eigenvalue weighted by Crippen LogP contribution is 2.32. The van der Waals surface area contributed by atoms with Gasteiger partial charge in [-0.05, 0) is 19.1 Å². The number of fused-ring (bicyclic) bond motifs is 1. The molecule has 0 bridgehead atoms. The number of carbonyl (C=O) groups excluding carboxylic acids is 1. The Bertz CT molecular complexity index is 731. The summed E-state index contributed by atoms with van der Waals surface area (Å²) < 4.78 is 42.9. The minimum atomic E-state index is -4.97. The fraction of sp³-hybridized carbons (Fsp3) is 0.167. The molecule has 0 saturated heterocycles. The van der Waals surface area contributed by atoms with Gasteiger partial charge in [-0.3, -0.25) is 9.59 Å². The van der Waals surface area contributed by atoms with E-state index < -0.39 is 28.8 Å². The van der Waals surface area contributed by atoms with Crippen molar-refractivity contribution in [3.8, 4) is 0 Å². The molecule has 1 aromatic heterocycles. The average Bonchev–Trinajstić information content (AvgIpc) is 2.27. The molecule has 100 valence electrons. The first kappa shape index (κ1) is 13.1. The summed E-state index contributed by atoms with van der Waals surface area (Å²) in [6.45, 7) is 1.65. The van der Waals surface area contributed by atoms with Gasteiger partial charge < -0.3 is 10.2 Å². The zero-order valence-corrected chi connectivity index (χ0v) is 9.67. The van der Waals surface area contributed by atoms with E-state index in [-0.39, 0.29) is 11.0 Å². The van der Waals surface area contributed by atoms with Gasteiger partial charge in [0.2, 0.25) is 11.2 Å². The number of rotatable bonds is 1. The number of hydrogen-bond acceptors (Lipinski definition) is 3. The van der Waals surface area contributed by atoms with Crippen molar-refractivity contribution in [2.24, 2.45) is 5.73 Å². The minimum Gasteiger partial charge on any atom is -0.450 e. The maximum Gasteiger partial charge on any atom is 0.450 e. The second-order valence-electron chi connectivity index (χ2n) is 4.00. The molecule has 0 unspecified atom stereocenters. The molecule has 1 heterocycles. The molecule has 0 spiro atoms. The number of amides is 1. The fourth-order valence-electron chi connectivity index (χ4n) is 1.73. The highest BCUT2D eigenvalue weighted by atomic mass is 19.4. The summed E-state index contributed by atoms with van der Waals surface area (Å²) in [5.41, 5.74) is 2.99. The number of carbonyl (C=O) groups is 1. The zero-order chi connectivity index (χ0) is 14.4. The van der Waals surface area contributed by atoms with Gasteiger partial charge in [0.1, 0.15) is 11.1 Å². The van der Waals surface area contributed by atoms with Crippen LogP contribution in [0, 0.1) is 6.92 Å². The molecule has 0 aliphatic carbocycles. The Morgan fingerprint density at radius 3 is 2.47 bits per heavy atom. The second-order valence-corrected chi connectivity index (χ2v) is 4.00. The molecule has 0 fully saturated rings. The number of aryl methyl sites for hydroxylation is 1. The van der Waals surface area contributed by atoms with Crippen LogP contribution in [0.4, 0.5) is 13.2 Å². The highest BCUT2D eigenvalue weighted by Gasteiger charge is 2.40. The van der Waals surface area contributed by atoms with Gasteiger partial charge in [-0.25, -0.2) is 0 Å². The molecule has 2 N–H and O–H groups in total. The molecule has 2 rings (SSSR count). The van der Waals surface area contributed by atoms with Crippen LogP contribution in [0.15, 0.2) is 27.4 Å². The Kier molecular flexibility index (Phi) is 2.84. The zero-order valence-electron chi connectivity index (χ0n) is 9.67. The van der Waals surface area contributed by atoms with E-state index in [9.17, 15) is 22.8 Å². The number of halogens is 3. The Morgan fingerprint density at radius 2 is 1.95 bits per heavy atom. The summed E-state index contributed by atoms with van der Waals surface area (Å²) in [4.78, 5) is 23.0. The van der Waals surface area contributed by atoms with Crippen LogP contribution in [0.3, 0.4) is 0 Å². The van der Waals surface area contributed by atoms with Crippen molar-refractivity contribution in [3.05, 3.63) is 45.3 Å². The van der Waals surface area contributed by atoms with E-state index in [4.69, 9.17) is 5.73 Å². The Hall–Kier alpha value is -2.31. The van der Waals surface area contributed by atoms with Gasteiger partial charge in [-0.15, -0.1) is 0 Å². The molecule has 0 aliphatic rings. The van der Waals surface area contributed by atoms with Gasteiger partial charge in [-0.1, -0.05) is 11.6 Å². The summed E-state index contributed by atoms with van der Waals surface area (Å²) in [5.74, 6) is -3.13. The molecule has 7 heteroatoms. The van der Waals surface area contributed by atoms with E-state index in [0.717, 1.165) is 0 Å². The standard InChI is InChI=1S/C12H8F3NO3/c1-5-2-3-7-6(4-5)9(17)8(11(16)18)10(19-7)12(13,14)15/h2-4H,1H3,(H2,16,18). The topological polar surface area (TPSA) is 73.3 Å². The number of alkyl halides is 3. The van der Waals surface area contributed by atoms with Crippen molar-refractivity contribution in [3.63, 3.8) is 0 Å². The van der Waals surface area contributed by atoms with Crippen LogP contribution in [0.1, 0.15) is 21.7 Å². The van der Waals surface area contributed by atoms with Crippen molar-refractivity contribution < 1.29 is 22.4 Å². The largest absolute Gasteiger partial charge is 0.450 e. The lowest BCUT2D eigenvalue weighted by Gasteiger charge is -2.10.